The van der Waals surface area contributed by atoms with Crippen molar-refractivity contribution in [1.29, 1.82) is 0 Å². The fraction of sp³-hybridized carbons (Fsp3) is 0.444. The monoisotopic (exact) mass is 377 g/mol. The number of alkyl carbamates (subject to hydrolysis) is 1. The molecule has 3 N–H and O–H groups in total. The van der Waals surface area contributed by atoms with Crippen molar-refractivity contribution in [1.82, 2.24) is 16.0 Å². The van der Waals surface area contributed by atoms with E-state index < -0.39 is 24.0 Å². The fourth-order valence-electron chi connectivity index (χ4n) is 2.68. The van der Waals surface area contributed by atoms with Crippen molar-refractivity contribution < 1.29 is 28.7 Å². The van der Waals surface area contributed by atoms with Crippen LogP contribution in [0.5, 0.6) is 0 Å². The molecule has 9 nitrogen and oxygen atoms in total. The Hall–Kier alpha value is -3.10. The van der Waals surface area contributed by atoms with Gasteiger partial charge in [0.25, 0.3) is 0 Å². The van der Waals surface area contributed by atoms with E-state index in [-0.39, 0.29) is 31.4 Å². The molecule has 0 saturated carbocycles. The highest BCUT2D eigenvalue weighted by atomic mass is 16.5. The highest BCUT2D eigenvalue weighted by Crippen LogP contribution is 2.16. The number of carbonyl (C=O) groups excluding carboxylic acids is 4. The smallest absolute Gasteiger partial charge is 0.407 e. The third kappa shape index (κ3) is 6.61. The van der Waals surface area contributed by atoms with Crippen LogP contribution in [0.15, 0.2) is 30.3 Å². The molecular weight excluding hydrogens is 354 g/mol. The number of esters is 1. The Balaban J connectivity index is 1.76. The molecule has 0 spiro atoms. The molecule has 1 fully saturated rings. The van der Waals surface area contributed by atoms with Gasteiger partial charge >= 0.3 is 12.1 Å². The van der Waals surface area contributed by atoms with Crippen LogP contribution in [0, 0.1) is 5.92 Å². The number of methoxy groups -OCH3 is 1. The highest BCUT2D eigenvalue weighted by molar-refractivity contribution is 5.88. The minimum absolute atomic E-state index is 0.0792. The van der Waals surface area contributed by atoms with E-state index in [1.165, 1.54) is 7.11 Å². The first-order valence-corrected chi connectivity index (χ1v) is 8.59. The maximum absolute atomic E-state index is 12.0. The highest BCUT2D eigenvalue weighted by Gasteiger charge is 2.31. The van der Waals surface area contributed by atoms with Gasteiger partial charge in [-0.2, -0.15) is 0 Å². The van der Waals surface area contributed by atoms with Crippen LogP contribution in [0.2, 0.25) is 0 Å². The second-order valence-corrected chi connectivity index (χ2v) is 6.07. The lowest BCUT2D eigenvalue weighted by atomic mass is 9.98. The van der Waals surface area contributed by atoms with Crippen LogP contribution >= 0.6 is 0 Å². The molecular formula is C18H23N3O6. The second-order valence-electron chi connectivity index (χ2n) is 6.07. The molecule has 1 aromatic rings. The predicted molar refractivity (Wildman–Crippen MR) is 94.3 cm³/mol. The zero-order valence-corrected chi connectivity index (χ0v) is 15.0. The average Bonchev–Trinajstić information content (AvgIpc) is 3.09. The van der Waals surface area contributed by atoms with Crippen molar-refractivity contribution in [3.8, 4) is 0 Å². The molecule has 27 heavy (non-hydrogen) atoms. The molecule has 1 aromatic carbocycles. The van der Waals surface area contributed by atoms with Gasteiger partial charge in [-0.25, -0.2) is 9.59 Å². The summed E-state index contributed by atoms with van der Waals surface area (Å²) in [5.41, 5.74) is 0.817. The summed E-state index contributed by atoms with van der Waals surface area (Å²) in [7, 11) is 1.20. The van der Waals surface area contributed by atoms with Gasteiger partial charge in [-0.15, -0.1) is 0 Å². The van der Waals surface area contributed by atoms with Crippen molar-refractivity contribution >= 4 is 23.9 Å². The molecule has 9 heteroatoms. The van der Waals surface area contributed by atoms with Crippen molar-refractivity contribution in [3.05, 3.63) is 35.9 Å². The van der Waals surface area contributed by atoms with Crippen molar-refractivity contribution in [2.75, 3.05) is 20.2 Å². The molecule has 146 valence electrons. The van der Waals surface area contributed by atoms with Crippen LogP contribution < -0.4 is 16.0 Å². The van der Waals surface area contributed by atoms with Gasteiger partial charge in [0.1, 0.15) is 19.2 Å². The van der Waals surface area contributed by atoms with Crippen LogP contribution in [-0.4, -0.2) is 50.1 Å². The summed E-state index contributed by atoms with van der Waals surface area (Å²) in [6.45, 7) is 0.258. The summed E-state index contributed by atoms with van der Waals surface area (Å²) in [5.74, 6) is -1.74. The van der Waals surface area contributed by atoms with Gasteiger partial charge in [-0.3, -0.25) is 9.59 Å². The molecule has 0 aliphatic carbocycles. The van der Waals surface area contributed by atoms with Gasteiger partial charge in [-0.1, -0.05) is 30.3 Å². The molecule has 2 atom stereocenters. The lowest BCUT2D eigenvalue weighted by Gasteiger charge is -2.19. The summed E-state index contributed by atoms with van der Waals surface area (Å²) in [5, 5.41) is 7.47. The van der Waals surface area contributed by atoms with E-state index in [9.17, 15) is 19.2 Å². The number of rotatable bonds is 8. The Bertz CT molecular complexity index is 679. The van der Waals surface area contributed by atoms with Gasteiger partial charge in [-0.05, 0) is 18.4 Å². The number of hydrogen-bond donors (Lipinski definition) is 3. The number of hydrogen-bond acceptors (Lipinski definition) is 6. The SMILES string of the molecule is COC(=O)C(CC1CCNC1=O)NC(=O)CNC(=O)OCc1ccccc1. The summed E-state index contributed by atoms with van der Waals surface area (Å²) in [6.07, 6.45) is -0.0200. The predicted octanol–water partition coefficient (Wildman–Crippen LogP) is 0.0968. The summed E-state index contributed by atoms with van der Waals surface area (Å²) < 4.78 is 9.67. The lowest BCUT2D eigenvalue weighted by molar-refractivity contribution is -0.145. The van der Waals surface area contributed by atoms with Crippen molar-refractivity contribution in [2.24, 2.45) is 5.92 Å². The largest absolute Gasteiger partial charge is 0.467 e. The van der Waals surface area contributed by atoms with E-state index in [0.29, 0.717) is 13.0 Å². The minimum atomic E-state index is -0.960. The summed E-state index contributed by atoms with van der Waals surface area (Å²) in [4.78, 5) is 47.2. The lowest BCUT2D eigenvalue weighted by Crippen LogP contribution is -2.47. The molecule has 1 aliphatic heterocycles. The van der Waals surface area contributed by atoms with Gasteiger partial charge < -0.3 is 25.4 Å². The van der Waals surface area contributed by atoms with E-state index in [2.05, 4.69) is 20.7 Å². The van der Waals surface area contributed by atoms with E-state index in [0.717, 1.165) is 5.56 Å². The first-order chi connectivity index (χ1) is 13.0. The first kappa shape index (κ1) is 20.2. The van der Waals surface area contributed by atoms with Crippen molar-refractivity contribution in [2.45, 2.75) is 25.5 Å². The molecule has 3 amide bonds. The molecule has 2 unspecified atom stereocenters. The third-order valence-corrected chi connectivity index (χ3v) is 4.11. The second kappa shape index (κ2) is 10.1. The van der Waals surface area contributed by atoms with Crippen LogP contribution in [-0.2, 0) is 30.5 Å². The maximum Gasteiger partial charge on any atom is 0.407 e. The van der Waals surface area contributed by atoms with E-state index >= 15 is 0 Å². The number of ether oxygens (including phenoxy) is 2. The number of nitrogens with one attached hydrogen (secondary N) is 3. The van der Waals surface area contributed by atoms with Crippen molar-refractivity contribution in [3.63, 3.8) is 0 Å². The molecule has 1 heterocycles. The maximum atomic E-state index is 12.0. The van der Waals surface area contributed by atoms with E-state index in [1.54, 1.807) is 12.1 Å². The fourth-order valence-corrected chi connectivity index (χ4v) is 2.68. The molecule has 2 rings (SSSR count). The van der Waals surface area contributed by atoms with Crippen LogP contribution in [0.3, 0.4) is 0 Å². The number of benzene rings is 1. The van der Waals surface area contributed by atoms with Crippen LogP contribution in [0.4, 0.5) is 4.79 Å². The number of carbonyl (C=O) groups is 4. The third-order valence-electron chi connectivity index (χ3n) is 4.11. The normalized spacial score (nSPS) is 16.8. The molecule has 0 radical (unpaired) electrons. The van der Waals surface area contributed by atoms with E-state index in [1.807, 2.05) is 18.2 Å². The standard InChI is InChI=1S/C18H23N3O6/c1-26-17(24)14(9-13-7-8-19-16(13)23)21-15(22)10-20-18(25)27-11-12-5-3-2-4-6-12/h2-6,13-14H,7-11H2,1H3,(H,19,23)(H,20,25)(H,21,22). The Morgan fingerprint density at radius 3 is 2.63 bits per heavy atom. The Morgan fingerprint density at radius 2 is 2.00 bits per heavy atom. The van der Waals surface area contributed by atoms with Gasteiger partial charge in [0.05, 0.1) is 7.11 Å². The summed E-state index contributed by atoms with van der Waals surface area (Å²) >= 11 is 0. The van der Waals surface area contributed by atoms with Crippen LogP contribution in [0.25, 0.3) is 0 Å². The molecule has 0 bridgehead atoms. The van der Waals surface area contributed by atoms with Gasteiger partial charge in [0.15, 0.2) is 0 Å². The zero-order valence-electron chi connectivity index (χ0n) is 15.0. The Labute approximate surface area is 156 Å². The zero-order chi connectivity index (χ0) is 19.6. The Kier molecular flexibility index (Phi) is 7.60. The minimum Gasteiger partial charge on any atom is -0.467 e. The first-order valence-electron chi connectivity index (χ1n) is 8.59. The quantitative estimate of drug-likeness (QED) is 0.552. The molecule has 1 saturated heterocycles. The van der Waals surface area contributed by atoms with Gasteiger partial charge in [0.2, 0.25) is 11.8 Å². The topological polar surface area (TPSA) is 123 Å². The van der Waals surface area contributed by atoms with Crippen LogP contribution in [0.1, 0.15) is 18.4 Å². The van der Waals surface area contributed by atoms with Gasteiger partial charge in [0, 0.05) is 12.5 Å². The van der Waals surface area contributed by atoms with E-state index in [4.69, 9.17) is 4.74 Å². The molecule has 0 aromatic heterocycles. The molecule has 1 aliphatic rings. The average molecular weight is 377 g/mol. The summed E-state index contributed by atoms with van der Waals surface area (Å²) in [6, 6.07) is 8.14. The Morgan fingerprint density at radius 1 is 1.26 bits per heavy atom. The number of amides is 3.